The summed E-state index contributed by atoms with van der Waals surface area (Å²) in [4.78, 5) is 16.5. The lowest BCUT2D eigenvalue weighted by Crippen LogP contribution is -2.38. The maximum Gasteiger partial charge on any atom is 0.251 e. The maximum atomic E-state index is 12.3. The molecule has 1 N–H and O–H groups in total. The van der Waals surface area contributed by atoms with Gasteiger partial charge in [0.05, 0.1) is 10.9 Å². The third-order valence-electron chi connectivity index (χ3n) is 4.39. The number of amides is 1. The number of hydrogen-bond donors (Lipinski definition) is 1. The van der Waals surface area contributed by atoms with Crippen LogP contribution in [0.25, 0.3) is 0 Å². The van der Waals surface area contributed by atoms with Crippen molar-refractivity contribution in [2.45, 2.75) is 42.7 Å². The number of carbonyl (C=O) groups is 1. The van der Waals surface area contributed by atoms with Gasteiger partial charge in [-0.05, 0) is 49.9 Å². The van der Waals surface area contributed by atoms with Crippen molar-refractivity contribution >= 4 is 15.7 Å². The van der Waals surface area contributed by atoms with Gasteiger partial charge in [-0.3, -0.25) is 4.79 Å². The van der Waals surface area contributed by atoms with E-state index < -0.39 is 9.84 Å². The molecule has 1 aliphatic carbocycles. The van der Waals surface area contributed by atoms with Gasteiger partial charge in [-0.2, -0.15) is 5.10 Å². The number of aromatic nitrogens is 3. The van der Waals surface area contributed by atoms with E-state index in [1.807, 2.05) is 4.68 Å². The SMILES string of the molecule is CS(=O)(=O)c1ccc(C(=O)NC2CCC(n3cncn3)CC2)cc1. The maximum absolute atomic E-state index is 12.3. The Hall–Kier alpha value is -2.22. The normalized spacial score (nSPS) is 21.4. The number of carbonyl (C=O) groups excluding carboxylic acids is 1. The van der Waals surface area contributed by atoms with Crippen molar-refractivity contribution in [1.29, 1.82) is 0 Å². The second-order valence-electron chi connectivity index (χ2n) is 6.15. The summed E-state index contributed by atoms with van der Waals surface area (Å²) in [5.74, 6) is -0.167. The summed E-state index contributed by atoms with van der Waals surface area (Å²) < 4.78 is 24.8. The number of nitrogens with zero attached hydrogens (tertiary/aromatic N) is 3. The molecule has 1 heterocycles. The van der Waals surface area contributed by atoms with Gasteiger partial charge < -0.3 is 5.32 Å². The van der Waals surface area contributed by atoms with E-state index in [1.54, 1.807) is 18.5 Å². The molecule has 1 aliphatic rings. The molecule has 1 fully saturated rings. The Morgan fingerprint density at radius 1 is 1.17 bits per heavy atom. The topological polar surface area (TPSA) is 94.0 Å². The zero-order valence-corrected chi connectivity index (χ0v) is 14.2. The van der Waals surface area contributed by atoms with Crippen molar-refractivity contribution in [3.05, 3.63) is 42.5 Å². The molecule has 0 radical (unpaired) electrons. The first kappa shape index (κ1) is 16.6. The molecule has 3 rings (SSSR count). The van der Waals surface area contributed by atoms with Crippen molar-refractivity contribution in [3.8, 4) is 0 Å². The second-order valence-corrected chi connectivity index (χ2v) is 8.17. The summed E-state index contributed by atoms with van der Waals surface area (Å²) in [6.45, 7) is 0. The molecule has 0 bridgehead atoms. The lowest BCUT2D eigenvalue weighted by molar-refractivity contribution is 0.0921. The first-order valence-corrected chi connectivity index (χ1v) is 9.78. The first-order chi connectivity index (χ1) is 11.4. The van der Waals surface area contributed by atoms with Gasteiger partial charge in [-0.1, -0.05) is 0 Å². The van der Waals surface area contributed by atoms with E-state index in [4.69, 9.17) is 0 Å². The summed E-state index contributed by atoms with van der Waals surface area (Å²) in [6.07, 6.45) is 8.08. The molecule has 7 nitrogen and oxygen atoms in total. The third kappa shape index (κ3) is 3.81. The minimum absolute atomic E-state index is 0.131. The first-order valence-electron chi connectivity index (χ1n) is 7.88. The number of hydrogen-bond acceptors (Lipinski definition) is 5. The zero-order chi connectivity index (χ0) is 17.2. The third-order valence-corrected chi connectivity index (χ3v) is 5.52. The van der Waals surface area contributed by atoms with Crippen molar-refractivity contribution in [1.82, 2.24) is 20.1 Å². The van der Waals surface area contributed by atoms with E-state index in [1.165, 1.54) is 18.5 Å². The lowest BCUT2D eigenvalue weighted by Gasteiger charge is -2.29. The molecule has 0 aliphatic heterocycles. The summed E-state index contributed by atoms with van der Waals surface area (Å²) in [6, 6.07) is 6.50. The predicted octanol–water partition coefficient (Wildman–Crippen LogP) is 1.60. The van der Waals surface area contributed by atoms with Gasteiger partial charge in [-0.15, -0.1) is 0 Å². The van der Waals surface area contributed by atoms with E-state index in [9.17, 15) is 13.2 Å². The number of rotatable bonds is 4. The zero-order valence-electron chi connectivity index (χ0n) is 13.4. The average molecular weight is 348 g/mol. The fourth-order valence-electron chi connectivity index (χ4n) is 3.01. The van der Waals surface area contributed by atoms with Crippen molar-refractivity contribution in [3.63, 3.8) is 0 Å². The quantitative estimate of drug-likeness (QED) is 0.905. The summed E-state index contributed by atoms with van der Waals surface area (Å²) >= 11 is 0. The molecule has 0 saturated heterocycles. The van der Waals surface area contributed by atoms with Gasteiger partial charge in [-0.25, -0.2) is 18.1 Å². The smallest absolute Gasteiger partial charge is 0.251 e. The van der Waals surface area contributed by atoms with Crippen LogP contribution < -0.4 is 5.32 Å². The van der Waals surface area contributed by atoms with E-state index in [0.29, 0.717) is 11.6 Å². The molecule has 128 valence electrons. The van der Waals surface area contributed by atoms with Crippen LogP contribution in [0.5, 0.6) is 0 Å². The molecular weight excluding hydrogens is 328 g/mol. The van der Waals surface area contributed by atoms with Gasteiger partial charge in [0.2, 0.25) is 0 Å². The molecule has 8 heteroatoms. The van der Waals surface area contributed by atoms with Gasteiger partial charge in [0.25, 0.3) is 5.91 Å². The number of sulfone groups is 1. The molecular formula is C16H20N4O3S. The van der Waals surface area contributed by atoms with Gasteiger partial charge in [0.15, 0.2) is 9.84 Å². The Labute approximate surface area is 141 Å². The molecule has 1 amide bonds. The van der Waals surface area contributed by atoms with Gasteiger partial charge in [0.1, 0.15) is 12.7 Å². The second kappa shape index (κ2) is 6.72. The highest BCUT2D eigenvalue weighted by molar-refractivity contribution is 7.90. The molecule has 0 unspecified atom stereocenters. The predicted molar refractivity (Wildman–Crippen MR) is 88.3 cm³/mol. The van der Waals surface area contributed by atoms with Crippen LogP contribution in [0.3, 0.4) is 0 Å². The fourth-order valence-corrected chi connectivity index (χ4v) is 3.64. The summed E-state index contributed by atoms with van der Waals surface area (Å²) in [5, 5.41) is 7.20. The molecule has 2 aromatic rings. The van der Waals surface area contributed by atoms with Crippen LogP contribution in [0.1, 0.15) is 42.1 Å². The standard InChI is InChI=1S/C16H20N4O3S/c1-24(22,23)15-8-2-12(3-9-15)16(21)19-13-4-6-14(7-5-13)20-11-17-10-18-20/h2-3,8-11,13-14H,4-7H2,1H3,(H,19,21). The Morgan fingerprint density at radius 3 is 2.38 bits per heavy atom. The molecule has 1 aromatic carbocycles. The van der Waals surface area contributed by atoms with Crippen molar-refractivity contribution in [2.75, 3.05) is 6.26 Å². The number of benzene rings is 1. The minimum atomic E-state index is -3.25. The fraction of sp³-hybridized carbons (Fsp3) is 0.438. The van der Waals surface area contributed by atoms with Gasteiger partial charge in [0, 0.05) is 17.9 Å². The minimum Gasteiger partial charge on any atom is -0.349 e. The Bertz CT molecular complexity index is 792. The van der Waals surface area contributed by atoms with Crippen molar-refractivity contribution in [2.24, 2.45) is 0 Å². The van der Waals surface area contributed by atoms with E-state index >= 15 is 0 Å². The van der Waals surface area contributed by atoms with Crippen LogP contribution in [0, 0.1) is 0 Å². The van der Waals surface area contributed by atoms with E-state index in [2.05, 4.69) is 15.4 Å². The van der Waals surface area contributed by atoms with Crippen LogP contribution in [0.2, 0.25) is 0 Å². The lowest BCUT2D eigenvalue weighted by atomic mass is 9.91. The highest BCUT2D eigenvalue weighted by Gasteiger charge is 2.24. The van der Waals surface area contributed by atoms with Crippen molar-refractivity contribution < 1.29 is 13.2 Å². The molecule has 1 saturated carbocycles. The largest absolute Gasteiger partial charge is 0.349 e. The summed E-state index contributed by atoms with van der Waals surface area (Å²) in [5.41, 5.74) is 0.473. The Kier molecular flexibility index (Phi) is 4.66. The van der Waals surface area contributed by atoms with Crippen LogP contribution in [-0.4, -0.2) is 41.4 Å². The van der Waals surface area contributed by atoms with Crippen LogP contribution >= 0.6 is 0 Å². The van der Waals surface area contributed by atoms with E-state index in [0.717, 1.165) is 31.9 Å². The van der Waals surface area contributed by atoms with Crippen LogP contribution in [-0.2, 0) is 9.84 Å². The molecule has 0 atom stereocenters. The summed E-state index contributed by atoms with van der Waals surface area (Å²) in [7, 11) is -3.25. The van der Waals surface area contributed by atoms with Crippen LogP contribution in [0.15, 0.2) is 41.8 Å². The van der Waals surface area contributed by atoms with E-state index in [-0.39, 0.29) is 16.8 Å². The Morgan fingerprint density at radius 2 is 1.83 bits per heavy atom. The van der Waals surface area contributed by atoms with Gasteiger partial charge >= 0.3 is 0 Å². The highest BCUT2D eigenvalue weighted by atomic mass is 32.2. The van der Waals surface area contributed by atoms with Crippen LogP contribution in [0.4, 0.5) is 0 Å². The average Bonchev–Trinajstić information content (AvgIpc) is 3.09. The monoisotopic (exact) mass is 348 g/mol. The highest BCUT2D eigenvalue weighted by Crippen LogP contribution is 2.27. The molecule has 24 heavy (non-hydrogen) atoms. The number of nitrogens with one attached hydrogen (secondary N) is 1. The molecule has 1 aromatic heterocycles. The molecule has 0 spiro atoms. The Balaban J connectivity index is 1.56.